The molecule has 0 atom stereocenters. The second-order valence-electron chi connectivity index (χ2n) is 3.11. The van der Waals surface area contributed by atoms with Gasteiger partial charge in [-0.15, -0.1) is 0 Å². The zero-order valence-corrected chi connectivity index (χ0v) is 8.09. The number of allylic oxidation sites excluding steroid dienone is 11. The quantitative estimate of drug-likeness (QED) is 0.637. The lowest BCUT2D eigenvalue weighted by atomic mass is 10.1. The highest BCUT2D eigenvalue weighted by atomic mass is 16.5. The van der Waals surface area contributed by atoms with Crippen LogP contribution >= 0.6 is 0 Å². The van der Waals surface area contributed by atoms with Gasteiger partial charge in [-0.25, -0.2) is 0 Å². The summed E-state index contributed by atoms with van der Waals surface area (Å²) in [6.07, 6.45) is 17.3. The topological polar surface area (TPSA) is 26.3 Å². The molecule has 0 saturated carbocycles. The Labute approximate surface area is 88.2 Å². The van der Waals surface area contributed by atoms with Gasteiger partial charge in [0, 0.05) is 0 Å². The third-order valence-corrected chi connectivity index (χ3v) is 2.13. The Kier molecular flexibility index (Phi) is 2.79. The van der Waals surface area contributed by atoms with Gasteiger partial charge < -0.3 is 4.74 Å². The number of fused-ring (bicyclic) bond motifs is 1. The monoisotopic (exact) mass is 198 g/mol. The van der Waals surface area contributed by atoms with Crippen molar-refractivity contribution in [3.8, 4) is 0 Å². The Morgan fingerprint density at radius 3 is 2.67 bits per heavy atom. The first-order chi connectivity index (χ1) is 7.40. The molecule has 2 aliphatic rings. The van der Waals surface area contributed by atoms with Gasteiger partial charge in [0.15, 0.2) is 0 Å². The molecule has 0 heterocycles. The molecular formula is C13H10O2. The minimum atomic E-state index is 0.435. The van der Waals surface area contributed by atoms with E-state index in [1.165, 1.54) is 0 Å². The zero-order chi connectivity index (χ0) is 10.5. The van der Waals surface area contributed by atoms with E-state index >= 15 is 0 Å². The molecule has 0 aromatic heterocycles. The van der Waals surface area contributed by atoms with Crippen LogP contribution in [-0.2, 0) is 9.53 Å². The maximum Gasteiger partial charge on any atom is 0.298 e. The molecule has 0 radical (unpaired) electrons. The molecule has 0 spiro atoms. The van der Waals surface area contributed by atoms with Crippen LogP contribution in [0.4, 0.5) is 0 Å². The maximum atomic E-state index is 10.3. The number of rotatable bonds is 2. The van der Waals surface area contributed by atoms with Gasteiger partial charge in [0.1, 0.15) is 5.76 Å². The Morgan fingerprint density at radius 1 is 0.933 bits per heavy atom. The maximum absolute atomic E-state index is 10.3. The number of ether oxygens (including phenoxy) is 1. The molecule has 0 amide bonds. The molecule has 0 aromatic carbocycles. The Morgan fingerprint density at radius 2 is 1.80 bits per heavy atom. The van der Waals surface area contributed by atoms with E-state index in [9.17, 15) is 4.79 Å². The van der Waals surface area contributed by atoms with Crippen LogP contribution in [0.5, 0.6) is 0 Å². The fourth-order valence-corrected chi connectivity index (χ4v) is 1.44. The summed E-state index contributed by atoms with van der Waals surface area (Å²) in [6, 6.07) is 0. The van der Waals surface area contributed by atoms with E-state index in [0.717, 1.165) is 11.1 Å². The van der Waals surface area contributed by atoms with Crippen LogP contribution in [0.15, 0.2) is 71.6 Å². The molecular weight excluding hydrogens is 188 g/mol. The summed E-state index contributed by atoms with van der Waals surface area (Å²) >= 11 is 0. The molecule has 2 rings (SSSR count). The number of hydrogen-bond acceptors (Lipinski definition) is 2. The van der Waals surface area contributed by atoms with Gasteiger partial charge in [0.2, 0.25) is 0 Å². The van der Waals surface area contributed by atoms with Gasteiger partial charge in [-0.3, -0.25) is 4.79 Å². The van der Waals surface area contributed by atoms with Crippen molar-refractivity contribution in [2.45, 2.75) is 0 Å². The summed E-state index contributed by atoms with van der Waals surface area (Å²) in [4.78, 5) is 10.3. The number of hydrogen-bond donors (Lipinski definition) is 0. The second kappa shape index (κ2) is 4.42. The van der Waals surface area contributed by atoms with E-state index < -0.39 is 0 Å². The molecule has 0 fully saturated rings. The molecule has 0 aromatic rings. The predicted molar refractivity (Wildman–Crippen MR) is 58.8 cm³/mol. The third kappa shape index (κ3) is 2.23. The summed E-state index contributed by atoms with van der Waals surface area (Å²) in [7, 11) is 0. The predicted octanol–water partition coefficient (Wildman–Crippen LogP) is 2.59. The van der Waals surface area contributed by atoms with Crippen molar-refractivity contribution in [3.05, 3.63) is 71.6 Å². The smallest absolute Gasteiger partial charge is 0.298 e. The Hall–Kier alpha value is -2.09. The molecule has 0 saturated heterocycles. The minimum absolute atomic E-state index is 0.435. The molecule has 74 valence electrons. The molecule has 2 heteroatoms. The SMILES string of the molecule is O=COC1=CC=CC2=CC=CC=CC2=C1. The van der Waals surface area contributed by atoms with Crippen molar-refractivity contribution in [2.75, 3.05) is 0 Å². The van der Waals surface area contributed by atoms with Crippen molar-refractivity contribution in [1.29, 1.82) is 0 Å². The Balaban J connectivity index is 2.39. The van der Waals surface area contributed by atoms with Crippen LogP contribution in [0, 0.1) is 0 Å². The number of carbonyl (C=O) groups is 1. The van der Waals surface area contributed by atoms with Gasteiger partial charge in [-0.1, -0.05) is 42.5 Å². The average Bonchev–Trinajstić information content (AvgIpc) is 2.52. The standard InChI is InChI=1S/C13H10O2/c14-10-15-13-8-4-7-11-5-2-1-3-6-12(11)9-13/h1-10H. The van der Waals surface area contributed by atoms with Crippen molar-refractivity contribution in [3.63, 3.8) is 0 Å². The van der Waals surface area contributed by atoms with Crippen LogP contribution in [0.3, 0.4) is 0 Å². The Bertz CT molecular complexity index is 443. The first kappa shape index (κ1) is 9.46. The molecule has 0 N–H and O–H groups in total. The second-order valence-corrected chi connectivity index (χ2v) is 3.11. The van der Waals surface area contributed by atoms with E-state index in [-0.39, 0.29) is 0 Å². The molecule has 0 aliphatic heterocycles. The van der Waals surface area contributed by atoms with Crippen LogP contribution in [0.25, 0.3) is 0 Å². The van der Waals surface area contributed by atoms with Crippen LogP contribution in [-0.4, -0.2) is 6.47 Å². The van der Waals surface area contributed by atoms with Crippen molar-refractivity contribution >= 4 is 6.47 Å². The fourth-order valence-electron chi connectivity index (χ4n) is 1.44. The third-order valence-electron chi connectivity index (χ3n) is 2.13. The summed E-state index contributed by atoms with van der Waals surface area (Å²) in [6.45, 7) is 0.435. The first-order valence-corrected chi connectivity index (χ1v) is 4.66. The highest BCUT2D eigenvalue weighted by Crippen LogP contribution is 2.21. The lowest BCUT2D eigenvalue weighted by Gasteiger charge is -2.01. The summed E-state index contributed by atoms with van der Waals surface area (Å²) < 4.78 is 4.82. The van der Waals surface area contributed by atoms with Crippen molar-refractivity contribution < 1.29 is 9.53 Å². The van der Waals surface area contributed by atoms with Gasteiger partial charge in [-0.2, -0.15) is 0 Å². The normalized spacial score (nSPS) is 18.0. The number of carbonyl (C=O) groups excluding carboxylic acids is 1. The average molecular weight is 198 g/mol. The molecule has 2 nitrogen and oxygen atoms in total. The van der Waals surface area contributed by atoms with E-state index in [4.69, 9.17) is 4.74 Å². The molecule has 15 heavy (non-hydrogen) atoms. The van der Waals surface area contributed by atoms with Gasteiger partial charge in [-0.05, 0) is 23.3 Å². The van der Waals surface area contributed by atoms with Crippen LogP contribution in [0.2, 0.25) is 0 Å². The fraction of sp³-hybridized carbons (Fsp3) is 0. The lowest BCUT2D eigenvalue weighted by molar-refractivity contribution is -0.124. The van der Waals surface area contributed by atoms with Crippen LogP contribution in [0.1, 0.15) is 0 Å². The zero-order valence-electron chi connectivity index (χ0n) is 8.09. The summed E-state index contributed by atoms with van der Waals surface area (Å²) in [5.74, 6) is 0.547. The molecule has 0 unspecified atom stereocenters. The minimum Gasteiger partial charge on any atom is -0.429 e. The van der Waals surface area contributed by atoms with Crippen molar-refractivity contribution in [2.24, 2.45) is 0 Å². The van der Waals surface area contributed by atoms with E-state index in [0.29, 0.717) is 12.2 Å². The van der Waals surface area contributed by atoms with Gasteiger partial charge in [0.25, 0.3) is 6.47 Å². The van der Waals surface area contributed by atoms with E-state index in [1.54, 1.807) is 6.08 Å². The van der Waals surface area contributed by atoms with E-state index in [1.807, 2.05) is 48.6 Å². The first-order valence-electron chi connectivity index (χ1n) is 4.66. The summed E-state index contributed by atoms with van der Waals surface area (Å²) in [5.41, 5.74) is 2.13. The van der Waals surface area contributed by atoms with Gasteiger partial charge in [0.05, 0.1) is 0 Å². The largest absolute Gasteiger partial charge is 0.429 e. The van der Waals surface area contributed by atoms with Crippen molar-refractivity contribution in [1.82, 2.24) is 0 Å². The molecule has 2 aliphatic carbocycles. The van der Waals surface area contributed by atoms with E-state index in [2.05, 4.69) is 0 Å². The highest BCUT2D eigenvalue weighted by molar-refractivity contribution is 5.56. The summed E-state index contributed by atoms with van der Waals surface area (Å²) in [5, 5.41) is 0. The molecule has 0 bridgehead atoms. The van der Waals surface area contributed by atoms with Gasteiger partial charge >= 0.3 is 0 Å². The van der Waals surface area contributed by atoms with Crippen LogP contribution < -0.4 is 0 Å². The highest BCUT2D eigenvalue weighted by Gasteiger charge is 2.04. The lowest BCUT2D eigenvalue weighted by Crippen LogP contribution is -1.87.